The van der Waals surface area contributed by atoms with Crippen molar-refractivity contribution in [2.75, 3.05) is 13.7 Å². The van der Waals surface area contributed by atoms with Gasteiger partial charge in [-0.1, -0.05) is 77.9 Å². The summed E-state index contributed by atoms with van der Waals surface area (Å²) in [6, 6.07) is 21.5. The predicted molar refractivity (Wildman–Crippen MR) is 185 cm³/mol. The van der Waals surface area contributed by atoms with E-state index in [4.69, 9.17) is 18.9 Å². The zero-order chi connectivity index (χ0) is 35.2. The highest BCUT2D eigenvalue weighted by Gasteiger charge is 2.38. The van der Waals surface area contributed by atoms with Crippen molar-refractivity contribution >= 4 is 17.9 Å². The summed E-state index contributed by atoms with van der Waals surface area (Å²) in [7, 11) is 1.35. The molecule has 1 unspecified atom stereocenters. The van der Waals surface area contributed by atoms with Crippen LogP contribution in [0.15, 0.2) is 72.8 Å². The Kier molecular flexibility index (Phi) is 11.8. The second kappa shape index (κ2) is 14.8. The highest BCUT2D eigenvalue weighted by Crippen LogP contribution is 2.38. The summed E-state index contributed by atoms with van der Waals surface area (Å²) in [4.78, 5) is 37.8. The van der Waals surface area contributed by atoms with Crippen molar-refractivity contribution in [2.24, 2.45) is 16.7 Å². The Bertz CT molecular complexity index is 1500. The molecule has 0 aliphatic carbocycles. The van der Waals surface area contributed by atoms with Gasteiger partial charge in [-0.2, -0.15) is 0 Å². The minimum absolute atomic E-state index is 0.00954. The molecule has 7 heteroatoms. The molecular formula is C40H52O7. The highest BCUT2D eigenvalue weighted by atomic mass is 16.6. The van der Waals surface area contributed by atoms with Crippen LogP contribution in [0.25, 0.3) is 11.1 Å². The van der Waals surface area contributed by atoms with Crippen molar-refractivity contribution in [2.45, 2.75) is 93.3 Å². The van der Waals surface area contributed by atoms with E-state index in [2.05, 4.69) is 41.5 Å². The zero-order valence-electron chi connectivity index (χ0n) is 30.0. The summed E-state index contributed by atoms with van der Waals surface area (Å²) in [5.41, 5.74) is 2.14. The first-order valence-corrected chi connectivity index (χ1v) is 16.2. The molecule has 0 heterocycles. The van der Waals surface area contributed by atoms with Gasteiger partial charge in [0, 0.05) is 6.42 Å². The van der Waals surface area contributed by atoms with E-state index in [1.807, 2.05) is 64.1 Å². The highest BCUT2D eigenvalue weighted by molar-refractivity contribution is 5.91. The minimum atomic E-state index is -0.685. The smallest absolute Gasteiger partial charge is 0.343 e. The summed E-state index contributed by atoms with van der Waals surface area (Å²) in [6.45, 7) is 20.9. The molecule has 1 atom stereocenters. The summed E-state index contributed by atoms with van der Waals surface area (Å²) in [5, 5.41) is 0. The zero-order valence-corrected chi connectivity index (χ0v) is 30.0. The Labute approximate surface area is 281 Å². The molecule has 0 fully saturated rings. The Balaban J connectivity index is 1.55. The fourth-order valence-electron chi connectivity index (χ4n) is 5.19. The minimum Gasteiger partial charge on any atom is -0.465 e. The Morgan fingerprint density at radius 3 is 1.64 bits per heavy atom. The molecule has 47 heavy (non-hydrogen) atoms. The van der Waals surface area contributed by atoms with Gasteiger partial charge in [-0.25, -0.2) is 9.59 Å². The normalized spacial score (nSPS) is 13.1. The molecule has 0 bridgehead atoms. The van der Waals surface area contributed by atoms with Gasteiger partial charge in [-0.05, 0) is 98.0 Å². The molecular weight excluding hydrogens is 592 g/mol. The summed E-state index contributed by atoms with van der Waals surface area (Å²) in [5.74, 6) is -0.797. The molecule has 254 valence electrons. The van der Waals surface area contributed by atoms with E-state index in [9.17, 15) is 14.4 Å². The van der Waals surface area contributed by atoms with Crippen LogP contribution in [0.2, 0.25) is 0 Å². The Morgan fingerprint density at radius 2 is 1.15 bits per heavy atom. The number of methoxy groups -OCH3 is 1. The number of esters is 3. The maximum Gasteiger partial charge on any atom is 0.343 e. The van der Waals surface area contributed by atoms with Crippen molar-refractivity contribution < 1.29 is 33.3 Å². The molecule has 0 spiro atoms. The van der Waals surface area contributed by atoms with E-state index >= 15 is 0 Å². The molecule has 0 saturated heterocycles. The lowest BCUT2D eigenvalue weighted by molar-refractivity contribution is -0.169. The van der Waals surface area contributed by atoms with Crippen LogP contribution in [0, 0.1) is 16.7 Å². The van der Waals surface area contributed by atoms with Gasteiger partial charge in [0.1, 0.15) is 11.4 Å². The van der Waals surface area contributed by atoms with Gasteiger partial charge in [-0.3, -0.25) is 4.79 Å². The molecule has 0 aromatic heterocycles. The van der Waals surface area contributed by atoms with E-state index in [-0.39, 0.29) is 28.7 Å². The molecule has 3 aromatic rings. The average molecular weight is 645 g/mol. The van der Waals surface area contributed by atoms with Crippen molar-refractivity contribution in [1.29, 1.82) is 0 Å². The number of carbonyl (C=O) groups excluding carboxylic acids is 3. The van der Waals surface area contributed by atoms with E-state index in [1.165, 1.54) is 7.11 Å². The Hall–Kier alpha value is -3.97. The van der Waals surface area contributed by atoms with E-state index in [1.54, 1.807) is 36.4 Å². The van der Waals surface area contributed by atoms with Crippen molar-refractivity contribution in [3.8, 4) is 16.9 Å². The van der Waals surface area contributed by atoms with Crippen LogP contribution in [0.3, 0.4) is 0 Å². The fourth-order valence-corrected chi connectivity index (χ4v) is 5.19. The van der Waals surface area contributed by atoms with Gasteiger partial charge < -0.3 is 18.9 Å². The topological polar surface area (TPSA) is 88.1 Å². The maximum atomic E-state index is 13.3. The van der Waals surface area contributed by atoms with Crippen LogP contribution in [0.5, 0.6) is 5.75 Å². The van der Waals surface area contributed by atoms with Gasteiger partial charge in [0.2, 0.25) is 0 Å². The molecule has 0 aliphatic rings. The van der Waals surface area contributed by atoms with Gasteiger partial charge in [0.05, 0.1) is 36.4 Å². The van der Waals surface area contributed by atoms with E-state index in [0.717, 1.165) is 23.1 Å². The number of hydrogen-bond acceptors (Lipinski definition) is 7. The maximum absolute atomic E-state index is 13.3. The van der Waals surface area contributed by atoms with Gasteiger partial charge in [0.25, 0.3) is 0 Å². The third-order valence-electron chi connectivity index (χ3n) is 8.21. The van der Waals surface area contributed by atoms with Crippen LogP contribution < -0.4 is 4.74 Å². The van der Waals surface area contributed by atoms with Crippen LogP contribution in [0.1, 0.15) is 108 Å². The van der Waals surface area contributed by atoms with Crippen LogP contribution in [0.4, 0.5) is 0 Å². The third-order valence-corrected chi connectivity index (χ3v) is 8.21. The number of ether oxygens (including phenoxy) is 4. The molecule has 0 aliphatic heterocycles. The lowest BCUT2D eigenvalue weighted by Gasteiger charge is -2.37. The lowest BCUT2D eigenvalue weighted by Crippen LogP contribution is -2.39. The second-order valence-electron chi connectivity index (χ2n) is 15.5. The SMILES string of the molecule is COC(=O)c1ccc(-c2ccc(OC(=O)c3ccc(C(C)(C)OCCC(C)(C)OC(=O)C(CC(C)(C)C)C(C)(C)C)cc3)cc2)cc1. The monoisotopic (exact) mass is 644 g/mol. The number of hydrogen-bond donors (Lipinski definition) is 0. The first kappa shape index (κ1) is 37.5. The number of benzene rings is 3. The second-order valence-corrected chi connectivity index (χ2v) is 15.5. The summed E-state index contributed by atoms with van der Waals surface area (Å²) >= 11 is 0. The van der Waals surface area contributed by atoms with Crippen LogP contribution in [-0.4, -0.2) is 37.2 Å². The largest absolute Gasteiger partial charge is 0.465 e. The van der Waals surface area contributed by atoms with Crippen molar-refractivity contribution in [1.82, 2.24) is 0 Å². The lowest BCUT2D eigenvalue weighted by atomic mass is 9.72. The van der Waals surface area contributed by atoms with Gasteiger partial charge in [0.15, 0.2) is 0 Å². The first-order valence-electron chi connectivity index (χ1n) is 16.2. The molecule has 7 nitrogen and oxygen atoms in total. The molecule has 0 amide bonds. The third kappa shape index (κ3) is 11.1. The summed E-state index contributed by atoms with van der Waals surface area (Å²) < 4.78 is 22.7. The molecule has 3 rings (SSSR count). The molecule has 0 saturated carbocycles. The molecule has 0 radical (unpaired) electrons. The number of rotatable bonds is 12. The van der Waals surface area contributed by atoms with E-state index < -0.39 is 17.2 Å². The van der Waals surface area contributed by atoms with Crippen LogP contribution in [-0.2, 0) is 24.6 Å². The predicted octanol–water partition coefficient (Wildman–Crippen LogP) is 9.42. The summed E-state index contributed by atoms with van der Waals surface area (Å²) in [6.07, 6.45) is 1.29. The van der Waals surface area contributed by atoms with Crippen LogP contribution >= 0.6 is 0 Å². The molecule has 3 aromatic carbocycles. The first-order chi connectivity index (χ1) is 21.7. The number of carbonyl (C=O) groups is 3. The Morgan fingerprint density at radius 1 is 0.660 bits per heavy atom. The van der Waals surface area contributed by atoms with E-state index in [0.29, 0.717) is 29.9 Å². The molecule has 0 N–H and O–H groups in total. The van der Waals surface area contributed by atoms with Gasteiger partial charge >= 0.3 is 17.9 Å². The quantitative estimate of drug-likeness (QED) is 0.143. The van der Waals surface area contributed by atoms with Crippen molar-refractivity contribution in [3.05, 3.63) is 89.5 Å². The standard InChI is InChI=1S/C40H52O7/c1-37(2,3)26-33(38(4,5)6)36(43)47-39(7,8)24-25-45-40(9,10)31-20-16-30(17-21-31)35(42)46-32-22-18-28(19-23-32)27-12-14-29(15-13-27)34(41)44-11/h12-23,33H,24-26H2,1-11H3. The fraction of sp³-hybridized carbons (Fsp3) is 0.475. The average Bonchev–Trinajstić information content (AvgIpc) is 2.98. The van der Waals surface area contributed by atoms with Gasteiger partial charge in [-0.15, -0.1) is 0 Å². The van der Waals surface area contributed by atoms with Crippen molar-refractivity contribution in [3.63, 3.8) is 0 Å².